The van der Waals surface area contributed by atoms with Crippen LogP contribution in [0.3, 0.4) is 0 Å². The first-order valence-electron chi connectivity index (χ1n) is 8.50. The van der Waals surface area contributed by atoms with Crippen molar-refractivity contribution in [3.05, 3.63) is 48.0 Å². The summed E-state index contributed by atoms with van der Waals surface area (Å²) in [6, 6.07) is 15.1. The molecule has 1 N–H and O–H groups in total. The lowest BCUT2D eigenvalue weighted by molar-refractivity contribution is 0.0144. The summed E-state index contributed by atoms with van der Waals surface area (Å²) < 4.78 is 0. The van der Waals surface area contributed by atoms with Crippen molar-refractivity contribution in [2.75, 3.05) is 14.1 Å². The van der Waals surface area contributed by atoms with E-state index < -0.39 is 0 Å². The number of hydrogen-bond acceptors (Lipinski definition) is 2. The highest BCUT2D eigenvalue weighted by molar-refractivity contribution is 5.83. The van der Waals surface area contributed by atoms with Gasteiger partial charge in [-0.15, -0.1) is 0 Å². The summed E-state index contributed by atoms with van der Waals surface area (Å²) in [6.07, 6.45) is 5.90. The van der Waals surface area contributed by atoms with Gasteiger partial charge in [0, 0.05) is 0 Å². The van der Waals surface area contributed by atoms with Crippen molar-refractivity contribution in [3.63, 3.8) is 0 Å². The third-order valence-electron chi connectivity index (χ3n) is 5.13. The number of aliphatic hydroxyl groups is 1. The first-order valence-corrected chi connectivity index (χ1v) is 8.50. The van der Waals surface area contributed by atoms with Crippen LogP contribution in [0, 0.1) is 5.92 Å². The van der Waals surface area contributed by atoms with Crippen LogP contribution < -0.4 is 0 Å². The minimum absolute atomic E-state index is 0.0766. The SMILES string of the molecule is CN(C)C(c1ccc2ccccc2c1)C(O)C1CCCCC1. The Hall–Kier alpha value is -1.38. The third-order valence-corrected chi connectivity index (χ3v) is 5.13. The Morgan fingerprint density at radius 2 is 1.64 bits per heavy atom. The molecule has 0 aliphatic heterocycles. The minimum atomic E-state index is -0.281. The summed E-state index contributed by atoms with van der Waals surface area (Å²) in [5, 5.41) is 13.5. The van der Waals surface area contributed by atoms with Crippen LogP contribution in [-0.4, -0.2) is 30.2 Å². The van der Waals surface area contributed by atoms with Crippen molar-refractivity contribution >= 4 is 10.8 Å². The molecule has 1 fully saturated rings. The normalized spacial score (nSPS) is 19.5. The second-order valence-corrected chi connectivity index (χ2v) is 6.90. The van der Waals surface area contributed by atoms with E-state index in [1.807, 2.05) is 0 Å². The van der Waals surface area contributed by atoms with E-state index in [0.29, 0.717) is 5.92 Å². The molecule has 0 radical (unpaired) electrons. The molecule has 118 valence electrons. The van der Waals surface area contributed by atoms with Gasteiger partial charge in [0.15, 0.2) is 0 Å². The van der Waals surface area contributed by atoms with E-state index in [1.54, 1.807) is 0 Å². The summed E-state index contributed by atoms with van der Waals surface area (Å²) in [5.74, 6) is 0.438. The summed E-state index contributed by atoms with van der Waals surface area (Å²) in [7, 11) is 4.15. The Bertz CT molecular complexity index is 616. The Kier molecular flexibility index (Phi) is 4.80. The molecule has 2 aromatic carbocycles. The van der Waals surface area contributed by atoms with Gasteiger partial charge in [0.1, 0.15) is 0 Å². The molecule has 22 heavy (non-hydrogen) atoms. The average molecular weight is 297 g/mol. The Labute approximate surface area is 133 Å². The van der Waals surface area contributed by atoms with Crippen LogP contribution in [0.2, 0.25) is 0 Å². The van der Waals surface area contributed by atoms with E-state index in [2.05, 4.69) is 61.5 Å². The number of nitrogens with zero attached hydrogens (tertiary/aromatic N) is 1. The number of likely N-dealkylation sites (N-methyl/N-ethyl adjacent to an activating group) is 1. The zero-order chi connectivity index (χ0) is 15.5. The quantitative estimate of drug-likeness (QED) is 0.905. The fourth-order valence-corrected chi connectivity index (χ4v) is 3.93. The van der Waals surface area contributed by atoms with Crippen LogP contribution in [0.5, 0.6) is 0 Å². The van der Waals surface area contributed by atoms with Crippen LogP contribution in [0.1, 0.15) is 43.7 Å². The van der Waals surface area contributed by atoms with E-state index in [4.69, 9.17) is 0 Å². The Morgan fingerprint density at radius 1 is 0.955 bits per heavy atom. The number of rotatable bonds is 4. The molecule has 0 aromatic heterocycles. The molecule has 0 saturated heterocycles. The predicted octanol–water partition coefficient (Wildman–Crippen LogP) is 4.38. The smallest absolute Gasteiger partial charge is 0.0764 e. The van der Waals surface area contributed by atoms with Crippen molar-refractivity contribution in [1.82, 2.24) is 4.90 Å². The van der Waals surface area contributed by atoms with Crippen LogP contribution >= 0.6 is 0 Å². The van der Waals surface area contributed by atoms with E-state index in [-0.39, 0.29) is 12.1 Å². The number of fused-ring (bicyclic) bond motifs is 1. The van der Waals surface area contributed by atoms with Crippen molar-refractivity contribution < 1.29 is 5.11 Å². The van der Waals surface area contributed by atoms with Crippen molar-refractivity contribution in [2.24, 2.45) is 5.92 Å². The maximum absolute atomic E-state index is 11.0. The van der Waals surface area contributed by atoms with E-state index >= 15 is 0 Å². The summed E-state index contributed by atoms with van der Waals surface area (Å²) in [5.41, 5.74) is 1.22. The second-order valence-electron chi connectivity index (χ2n) is 6.90. The molecule has 2 aromatic rings. The van der Waals surface area contributed by atoms with Gasteiger partial charge in [-0.25, -0.2) is 0 Å². The van der Waals surface area contributed by atoms with E-state index in [0.717, 1.165) is 0 Å². The monoisotopic (exact) mass is 297 g/mol. The molecule has 0 bridgehead atoms. The van der Waals surface area contributed by atoms with Gasteiger partial charge >= 0.3 is 0 Å². The summed E-state index contributed by atoms with van der Waals surface area (Å²) in [6.45, 7) is 0. The first-order chi connectivity index (χ1) is 10.7. The minimum Gasteiger partial charge on any atom is -0.391 e. The van der Waals surface area contributed by atoms with Gasteiger partial charge in [-0.2, -0.15) is 0 Å². The lowest BCUT2D eigenvalue weighted by atomic mass is 9.80. The molecule has 1 aliphatic carbocycles. The molecule has 2 nitrogen and oxygen atoms in total. The van der Waals surface area contributed by atoms with Gasteiger partial charge in [-0.05, 0) is 55.3 Å². The molecule has 2 atom stereocenters. The van der Waals surface area contributed by atoms with Crippen molar-refractivity contribution in [2.45, 2.75) is 44.2 Å². The fourth-order valence-electron chi connectivity index (χ4n) is 3.93. The van der Waals surface area contributed by atoms with Crippen LogP contribution in [0.15, 0.2) is 42.5 Å². The lowest BCUT2D eigenvalue weighted by Gasteiger charge is -2.36. The Morgan fingerprint density at radius 3 is 2.32 bits per heavy atom. The molecule has 2 heteroatoms. The second kappa shape index (κ2) is 6.80. The van der Waals surface area contributed by atoms with E-state index in [9.17, 15) is 5.11 Å². The summed E-state index contributed by atoms with van der Waals surface area (Å²) >= 11 is 0. The maximum atomic E-state index is 11.0. The number of benzene rings is 2. The molecule has 0 spiro atoms. The fraction of sp³-hybridized carbons (Fsp3) is 0.500. The van der Waals surface area contributed by atoms with Crippen LogP contribution in [0.4, 0.5) is 0 Å². The topological polar surface area (TPSA) is 23.5 Å². The number of aliphatic hydroxyl groups excluding tert-OH is 1. The molecule has 0 heterocycles. The number of hydrogen-bond donors (Lipinski definition) is 1. The zero-order valence-electron chi connectivity index (χ0n) is 13.7. The Balaban J connectivity index is 1.91. The van der Waals surface area contributed by atoms with Gasteiger partial charge in [0.2, 0.25) is 0 Å². The van der Waals surface area contributed by atoms with Gasteiger partial charge < -0.3 is 10.0 Å². The molecular formula is C20H27NO. The molecular weight excluding hydrogens is 270 g/mol. The highest BCUT2D eigenvalue weighted by atomic mass is 16.3. The van der Waals surface area contributed by atoms with Gasteiger partial charge in [-0.1, -0.05) is 55.7 Å². The predicted molar refractivity (Wildman–Crippen MR) is 93.0 cm³/mol. The van der Waals surface area contributed by atoms with Gasteiger partial charge in [-0.3, -0.25) is 0 Å². The molecule has 2 unspecified atom stereocenters. The lowest BCUT2D eigenvalue weighted by Crippen LogP contribution is -2.37. The zero-order valence-corrected chi connectivity index (χ0v) is 13.7. The largest absolute Gasteiger partial charge is 0.391 e. The highest BCUT2D eigenvalue weighted by Crippen LogP contribution is 2.35. The van der Waals surface area contributed by atoms with Crippen molar-refractivity contribution in [1.29, 1.82) is 0 Å². The van der Waals surface area contributed by atoms with Crippen LogP contribution in [0.25, 0.3) is 10.8 Å². The van der Waals surface area contributed by atoms with Crippen molar-refractivity contribution in [3.8, 4) is 0 Å². The standard InChI is InChI=1S/C20H27NO/c1-21(2)19(20(22)16-9-4-3-5-10-16)18-13-12-15-8-6-7-11-17(15)14-18/h6-8,11-14,16,19-20,22H,3-5,9-10H2,1-2H3. The molecule has 3 rings (SSSR count). The molecule has 1 aliphatic rings. The van der Waals surface area contributed by atoms with E-state index in [1.165, 1.54) is 48.4 Å². The van der Waals surface area contributed by atoms with Gasteiger partial charge in [0.05, 0.1) is 12.1 Å². The molecule has 0 amide bonds. The third kappa shape index (κ3) is 3.18. The molecule has 1 saturated carbocycles. The maximum Gasteiger partial charge on any atom is 0.0764 e. The van der Waals surface area contributed by atoms with Crippen LogP contribution in [-0.2, 0) is 0 Å². The van der Waals surface area contributed by atoms with Gasteiger partial charge in [0.25, 0.3) is 0 Å². The summed E-state index contributed by atoms with van der Waals surface area (Å²) in [4.78, 5) is 2.17. The first kappa shape index (κ1) is 15.5. The average Bonchev–Trinajstić information content (AvgIpc) is 2.55. The highest BCUT2D eigenvalue weighted by Gasteiger charge is 2.31.